The number of fused-ring (bicyclic) bond motifs is 1. The molecule has 116 valence electrons. The SMILES string of the molecule is CCC1CCc2sc(C(=O)NC(C(=O)O)C(C)O)cc2C1. The first-order valence-electron chi connectivity index (χ1n) is 7.25. The van der Waals surface area contributed by atoms with Gasteiger partial charge in [0.1, 0.15) is 0 Å². The first-order valence-corrected chi connectivity index (χ1v) is 8.07. The molecular weight excluding hydrogens is 290 g/mol. The monoisotopic (exact) mass is 311 g/mol. The summed E-state index contributed by atoms with van der Waals surface area (Å²) in [4.78, 5) is 24.9. The summed E-state index contributed by atoms with van der Waals surface area (Å²) in [5.41, 5.74) is 1.21. The van der Waals surface area contributed by atoms with Crippen molar-refractivity contribution < 1.29 is 19.8 Å². The first kappa shape index (κ1) is 16.0. The average Bonchev–Trinajstić information content (AvgIpc) is 2.86. The van der Waals surface area contributed by atoms with Crippen LogP contribution >= 0.6 is 11.3 Å². The van der Waals surface area contributed by atoms with Gasteiger partial charge in [-0.15, -0.1) is 11.3 Å². The molecule has 0 aromatic carbocycles. The lowest BCUT2D eigenvalue weighted by Crippen LogP contribution is -2.47. The second-order valence-corrected chi connectivity index (χ2v) is 6.74. The lowest BCUT2D eigenvalue weighted by molar-refractivity contribution is -0.141. The molecule has 0 saturated heterocycles. The summed E-state index contributed by atoms with van der Waals surface area (Å²) in [6.07, 6.45) is 3.14. The van der Waals surface area contributed by atoms with Crippen LogP contribution in [0.4, 0.5) is 0 Å². The first-order chi connectivity index (χ1) is 9.92. The van der Waals surface area contributed by atoms with Gasteiger partial charge in [0.2, 0.25) is 0 Å². The minimum Gasteiger partial charge on any atom is -0.480 e. The molecule has 1 aliphatic rings. The molecule has 3 N–H and O–H groups in total. The number of aliphatic hydroxyl groups excluding tert-OH is 1. The zero-order valence-electron chi connectivity index (χ0n) is 12.3. The molecule has 6 heteroatoms. The molecule has 21 heavy (non-hydrogen) atoms. The summed E-state index contributed by atoms with van der Waals surface area (Å²) in [7, 11) is 0. The van der Waals surface area contributed by atoms with E-state index in [1.165, 1.54) is 28.7 Å². The molecule has 0 aliphatic heterocycles. The van der Waals surface area contributed by atoms with Gasteiger partial charge in [-0.3, -0.25) is 4.79 Å². The molecular formula is C15H21NO4S. The van der Waals surface area contributed by atoms with E-state index in [-0.39, 0.29) is 0 Å². The number of aliphatic carboxylic acids is 1. The van der Waals surface area contributed by atoms with Crippen LogP contribution in [0.5, 0.6) is 0 Å². The summed E-state index contributed by atoms with van der Waals surface area (Å²) < 4.78 is 0. The molecule has 2 rings (SSSR count). The highest BCUT2D eigenvalue weighted by Gasteiger charge is 2.27. The van der Waals surface area contributed by atoms with E-state index < -0.39 is 24.0 Å². The molecule has 1 aromatic rings. The number of amides is 1. The zero-order chi connectivity index (χ0) is 15.6. The lowest BCUT2D eigenvalue weighted by Gasteiger charge is -2.19. The van der Waals surface area contributed by atoms with Gasteiger partial charge in [0.05, 0.1) is 11.0 Å². The number of carbonyl (C=O) groups is 2. The Labute approximate surface area is 128 Å². The number of hydrogen-bond acceptors (Lipinski definition) is 4. The van der Waals surface area contributed by atoms with Crippen molar-refractivity contribution in [3.05, 3.63) is 21.4 Å². The molecule has 1 amide bonds. The van der Waals surface area contributed by atoms with E-state index in [9.17, 15) is 14.7 Å². The molecule has 1 heterocycles. The summed E-state index contributed by atoms with van der Waals surface area (Å²) in [6.45, 7) is 3.53. The van der Waals surface area contributed by atoms with Gasteiger partial charge in [-0.2, -0.15) is 0 Å². The fourth-order valence-corrected chi connectivity index (χ4v) is 3.77. The topological polar surface area (TPSA) is 86.6 Å². The Bertz CT molecular complexity index is 538. The van der Waals surface area contributed by atoms with Crippen LogP contribution in [0.3, 0.4) is 0 Å². The van der Waals surface area contributed by atoms with Crippen LogP contribution in [0, 0.1) is 5.92 Å². The molecule has 3 unspecified atom stereocenters. The number of nitrogens with one attached hydrogen (secondary N) is 1. The summed E-state index contributed by atoms with van der Waals surface area (Å²) in [6, 6.07) is 0.595. The van der Waals surface area contributed by atoms with E-state index in [2.05, 4.69) is 12.2 Å². The standard InChI is InChI=1S/C15H21NO4S/c1-3-9-4-5-11-10(6-9)7-12(21-11)14(18)16-13(8(2)17)15(19)20/h7-9,13,17H,3-6H2,1-2H3,(H,16,18)(H,19,20). The second-order valence-electron chi connectivity index (χ2n) is 5.61. The third-order valence-electron chi connectivity index (χ3n) is 4.02. The van der Waals surface area contributed by atoms with Crippen molar-refractivity contribution in [3.63, 3.8) is 0 Å². The number of carbonyl (C=O) groups excluding carboxylic acids is 1. The van der Waals surface area contributed by atoms with Gasteiger partial charge in [0.25, 0.3) is 5.91 Å². The van der Waals surface area contributed by atoms with Gasteiger partial charge in [-0.25, -0.2) is 4.79 Å². The lowest BCUT2D eigenvalue weighted by atomic mass is 9.87. The van der Waals surface area contributed by atoms with Crippen molar-refractivity contribution in [2.24, 2.45) is 5.92 Å². The van der Waals surface area contributed by atoms with Gasteiger partial charge in [0.15, 0.2) is 6.04 Å². The van der Waals surface area contributed by atoms with Crippen molar-refractivity contribution in [1.29, 1.82) is 0 Å². The maximum atomic E-state index is 12.2. The molecule has 0 spiro atoms. The van der Waals surface area contributed by atoms with E-state index in [4.69, 9.17) is 5.11 Å². The molecule has 0 bridgehead atoms. The largest absolute Gasteiger partial charge is 0.480 e. The molecule has 3 atom stereocenters. The fourth-order valence-electron chi connectivity index (χ4n) is 2.66. The summed E-state index contributed by atoms with van der Waals surface area (Å²) in [5.74, 6) is -0.978. The third-order valence-corrected chi connectivity index (χ3v) is 5.26. The van der Waals surface area contributed by atoms with Gasteiger partial charge in [-0.05, 0) is 43.7 Å². The fraction of sp³-hybridized carbons (Fsp3) is 0.600. The van der Waals surface area contributed by atoms with Crippen molar-refractivity contribution in [2.45, 2.75) is 51.7 Å². The molecule has 1 aromatic heterocycles. The number of thiophene rings is 1. The molecule has 1 aliphatic carbocycles. The third kappa shape index (κ3) is 3.63. The minimum absolute atomic E-state index is 0.421. The molecule has 0 fully saturated rings. The van der Waals surface area contributed by atoms with Crippen LogP contribution in [-0.4, -0.2) is 34.2 Å². The van der Waals surface area contributed by atoms with Gasteiger partial charge in [-0.1, -0.05) is 13.3 Å². The van der Waals surface area contributed by atoms with E-state index >= 15 is 0 Å². The van der Waals surface area contributed by atoms with Crippen LogP contribution in [0.25, 0.3) is 0 Å². The van der Waals surface area contributed by atoms with E-state index in [1.807, 2.05) is 6.07 Å². The van der Waals surface area contributed by atoms with Crippen molar-refractivity contribution in [1.82, 2.24) is 5.32 Å². The van der Waals surface area contributed by atoms with Crippen molar-refractivity contribution >= 4 is 23.2 Å². The van der Waals surface area contributed by atoms with Gasteiger partial charge < -0.3 is 15.5 Å². The Balaban J connectivity index is 2.10. The smallest absolute Gasteiger partial charge is 0.328 e. The summed E-state index contributed by atoms with van der Waals surface area (Å²) >= 11 is 1.43. The quantitative estimate of drug-likeness (QED) is 0.774. The average molecular weight is 311 g/mol. The van der Waals surface area contributed by atoms with Gasteiger partial charge >= 0.3 is 5.97 Å². The number of carboxylic acids is 1. The number of hydrogen-bond donors (Lipinski definition) is 3. The zero-order valence-corrected chi connectivity index (χ0v) is 13.1. The predicted molar refractivity (Wildman–Crippen MR) is 80.7 cm³/mol. The van der Waals surface area contributed by atoms with Crippen LogP contribution in [0.2, 0.25) is 0 Å². The Morgan fingerprint density at radius 1 is 1.52 bits per heavy atom. The summed E-state index contributed by atoms with van der Waals surface area (Å²) in [5, 5.41) is 20.8. The Kier molecular flexibility index (Phi) is 5.00. The van der Waals surface area contributed by atoms with E-state index in [1.54, 1.807) is 0 Å². The minimum atomic E-state index is -1.28. The second kappa shape index (κ2) is 6.58. The highest BCUT2D eigenvalue weighted by Crippen LogP contribution is 2.33. The van der Waals surface area contributed by atoms with Crippen molar-refractivity contribution in [2.75, 3.05) is 0 Å². The number of carboxylic acid groups (broad SMARTS) is 1. The highest BCUT2D eigenvalue weighted by atomic mass is 32.1. The van der Waals surface area contributed by atoms with E-state index in [0.29, 0.717) is 10.8 Å². The Morgan fingerprint density at radius 2 is 2.24 bits per heavy atom. The van der Waals surface area contributed by atoms with Crippen molar-refractivity contribution in [3.8, 4) is 0 Å². The van der Waals surface area contributed by atoms with Crippen LogP contribution in [0.1, 0.15) is 46.8 Å². The Hall–Kier alpha value is -1.40. The van der Waals surface area contributed by atoms with Gasteiger partial charge in [0, 0.05) is 4.88 Å². The maximum Gasteiger partial charge on any atom is 0.328 e. The molecule has 5 nitrogen and oxygen atoms in total. The maximum absolute atomic E-state index is 12.2. The van der Waals surface area contributed by atoms with Crippen LogP contribution < -0.4 is 5.32 Å². The number of rotatable bonds is 5. The Morgan fingerprint density at radius 3 is 2.81 bits per heavy atom. The molecule has 0 saturated carbocycles. The number of aliphatic hydroxyl groups is 1. The highest BCUT2D eigenvalue weighted by molar-refractivity contribution is 7.14. The number of aryl methyl sites for hydroxylation is 1. The molecule has 0 radical (unpaired) electrons. The van der Waals surface area contributed by atoms with E-state index in [0.717, 1.165) is 25.7 Å². The normalized spacial score (nSPS) is 20.4. The predicted octanol–water partition coefficient (Wildman–Crippen LogP) is 1.83. The van der Waals surface area contributed by atoms with Crippen LogP contribution in [0.15, 0.2) is 6.07 Å². The van der Waals surface area contributed by atoms with Crippen LogP contribution in [-0.2, 0) is 17.6 Å².